The van der Waals surface area contributed by atoms with Crippen LogP contribution in [0.4, 0.5) is 0 Å². The molecule has 1 amide bonds. The van der Waals surface area contributed by atoms with Crippen LogP contribution in [0.3, 0.4) is 0 Å². The minimum Gasteiger partial charge on any atom is -0.490 e. The molecule has 0 heterocycles. The van der Waals surface area contributed by atoms with Gasteiger partial charge in [-0.15, -0.1) is 0 Å². The number of nitrogens with one attached hydrogen (secondary N) is 1. The predicted octanol–water partition coefficient (Wildman–Crippen LogP) is 3.51. The van der Waals surface area contributed by atoms with Crippen molar-refractivity contribution in [3.8, 4) is 5.75 Å². The summed E-state index contributed by atoms with van der Waals surface area (Å²) in [6, 6.07) is 14.6. The summed E-state index contributed by atoms with van der Waals surface area (Å²) in [7, 11) is -0.440. The number of benzene rings is 2. The first-order chi connectivity index (χ1) is 14.3. The highest BCUT2D eigenvalue weighted by molar-refractivity contribution is 7.89. The molecule has 1 saturated carbocycles. The quantitative estimate of drug-likeness (QED) is 0.661. The maximum absolute atomic E-state index is 12.2. The molecule has 1 N–H and O–H groups in total. The summed E-state index contributed by atoms with van der Waals surface area (Å²) >= 11 is 0. The first kappa shape index (κ1) is 22.3. The molecule has 0 radical (unpaired) electrons. The molecule has 0 aliphatic heterocycles. The van der Waals surface area contributed by atoms with Crippen molar-refractivity contribution < 1.29 is 17.9 Å². The van der Waals surface area contributed by atoms with Crippen LogP contribution in [0.15, 0.2) is 53.4 Å². The van der Waals surface area contributed by atoms with Crippen LogP contribution < -0.4 is 10.1 Å². The standard InChI is InChI=1S/C23H30N2O4S/c1-25(2)30(27,28)22-13-10-19(11-14-22)17-24-23(26)15-12-18-6-5-9-21(16-18)29-20-7-3-4-8-20/h5-6,9-11,13-14,16,20H,3-4,7-8,12,15,17H2,1-2H3,(H,24,26). The van der Waals surface area contributed by atoms with E-state index in [1.54, 1.807) is 24.3 Å². The number of amides is 1. The van der Waals surface area contributed by atoms with Crippen molar-refractivity contribution in [1.82, 2.24) is 9.62 Å². The molecule has 3 rings (SSSR count). The number of ether oxygens (including phenoxy) is 1. The minimum atomic E-state index is -3.44. The van der Waals surface area contributed by atoms with Gasteiger partial charge in [-0.2, -0.15) is 0 Å². The Morgan fingerprint density at radius 1 is 1.07 bits per heavy atom. The van der Waals surface area contributed by atoms with E-state index in [1.165, 1.54) is 31.2 Å². The van der Waals surface area contributed by atoms with Crippen molar-refractivity contribution in [1.29, 1.82) is 0 Å². The molecule has 0 bridgehead atoms. The fourth-order valence-corrected chi connectivity index (χ4v) is 4.41. The second-order valence-corrected chi connectivity index (χ2v) is 10.0. The molecule has 0 atom stereocenters. The second kappa shape index (κ2) is 10.1. The third-order valence-corrected chi connectivity index (χ3v) is 7.17. The van der Waals surface area contributed by atoms with Crippen LogP contribution >= 0.6 is 0 Å². The SMILES string of the molecule is CN(C)S(=O)(=O)c1ccc(CNC(=O)CCc2cccc(OC3CCCC3)c2)cc1. The number of carbonyl (C=O) groups excluding carboxylic acids is 1. The van der Waals surface area contributed by atoms with E-state index in [9.17, 15) is 13.2 Å². The number of hydrogen-bond donors (Lipinski definition) is 1. The van der Waals surface area contributed by atoms with Crippen LogP contribution in [0, 0.1) is 0 Å². The highest BCUT2D eigenvalue weighted by atomic mass is 32.2. The first-order valence-electron chi connectivity index (χ1n) is 10.4. The fraction of sp³-hybridized carbons (Fsp3) is 0.435. The Bertz CT molecular complexity index is 949. The zero-order chi connectivity index (χ0) is 21.6. The summed E-state index contributed by atoms with van der Waals surface area (Å²) in [5.41, 5.74) is 1.94. The Kier molecular flexibility index (Phi) is 7.50. The molecular weight excluding hydrogens is 400 g/mol. The van der Waals surface area contributed by atoms with Gasteiger partial charge in [0.25, 0.3) is 0 Å². The van der Waals surface area contributed by atoms with Crippen LogP contribution in [-0.4, -0.2) is 38.8 Å². The fourth-order valence-electron chi connectivity index (χ4n) is 3.51. The van der Waals surface area contributed by atoms with Crippen molar-refractivity contribution in [3.63, 3.8) is 0 Å². The number of rotatable bonds is 9. The summed E-state index contributed by atoms with van der Waals surface area (Å²) < 4.78 is 31.4. The van der Waals surface area contributed by atoms with Gasteiger partial charge in [-0.05, 0) is 67.5 Å². The van der Waals surface area contributed by atoms with Crippen LogP contribution in [0.1, 0.15) is 43.2 Å². The lowest BCUT2D eigenvalue weighted by atomic mass is 10.1. The van der Waals surface area contributed by atoms with E-state index in [-0.39, 0.29) is 10.8 Å². The number of nitrogens with zero attached hydrogens (tertiary/aromatic N) is 1. The van der Waals surface area contributed by atoms with Crippen LogP contribution in [0.2, 0.25) is 0 Å². The molecule has 1 aliphatic carbocycles. The molecule has 162 valence electrons. The molecule has 2 aromatic carbocycles. The number of sulfonamides is 1. The van der Waals surface area contributed by atoms with E-state index in [0.29, 0.717) is 25.5 Å². The predicted molar refractivity (Wildman–Crippen MR) is 117 cm³/mol. The Hall–Kier alpha value is -2.38. The van der Waals surface area contributed by atoms with Crippen molar-refractivity contribution >= 4 is 15.9 Å². The smallest absolute Gasteiger partial charge is 0.242 e. The molecule has 7 heteroatoms. The van der Waals surface area contributed by atoms with E-state index < -0.39 is 10.0 Å². The molecular formula is C23H30N2O4S. The van der Waals surface area contributed by atoms with Gasteiger partial charge in [0.1, 0.15) is 5.75 Å². The maximum atomic E-state index is 12.2. The molecule has 0 aromatic heterocycles. The van der Waals surface area contributed by atoms with Crippen LogP contribution in [0.5, 0.6) is 5.75 Å². The van der Waals surface area contributed by atoms with Gasteiger partial charge in [-0.1, -0.05) is 24.3 Å². The van der Waals surface area contributed by atoms with Gasteiger partial charge in [-0.3, -0.25) is 4.79 Å². The van der Waals surface area contributed by atoms with Gasteiger partial charge in [0.2, 0.25) is 15.9 Å². The lowest BCUT2D eigenvalue weighted by Crippen LogP contribution is -2.23. The monoisotopic (exact) mass is 430 g/mol. The first-order valence-corrected chi connectivity index (χ1v) is 11.8. The number of carbonyl (C=O) groups is 1. The highest BCUT2D eigenvalue weighted by Crippen LogP contribution is 2.24. The lowest BCUT2D eigenvalue weighted by molar-refractivity contribution is -0.121. The van der Waals surface area contributed by atoms with E-state index in [1.807, 2.05) is 24.3 Å². The summed E-state index contributed by atoms with van der Waals surface area (Å²) in [6.07, 6.45) is 6.07. The van der Waals surface area contributed by atoms with E-state index in [0.717, 1.165) is 29.7 Å². The normalized spacial score (nSPS) is 14.8. The largest absolute Gasteiger partial charge is 0.490 e. The Labute approximate surface area is 179 Å². The number of hydrogen-bond acceptors (Lipinski definition) is 4. The Morgan fingerprint density at radius 3 is 2.43 bits per heavy atom. The van der Waals surface area contributed by atoms with Gasteiger partial charge in [0, 0.05) is 27.1 Å². The Balaban J connectivity index is 1.46. The van der Waals surface area contributed by atoms with Gasteiger partial charge in [-0.25, -0.2) is 12.7 Å². The molecule has 2 aromatic rings. The third-order valence-electron chi connectivity index (χ3n) is 5.34. The van der Waals surface area contributed by atoms with E-state index in [2.05, 4.69) is 5.32 Å². The highest BCUT2D eigenvalue weighted by Gasteiger charge is 2.17. The van der Waals surface area contributed by atoms with Gasteiger partial charge < -0.3 is 10.1 Å². The lowest BCUT2D eigenvalue weighted by Gasteiger charge is -2.14. The maximum Gasteiger partial charge on any atom is 0.242 e. The summed E-state index contributed by atoms with van der Waals surface area (Å²) in [5.74, 6) is 0.842. The molecule has 0 spiro atoms. The zero-order valence-corrected chi connectivity index (χ0v) is 18.5. The average Bonchev–Trinajstić information content (AvgIpc) is 3.24. The van der Waals surface area contributed by atoms with Gasteiger partial charge in [0.05, 0.1) is 11.0 Å². The minimum absolute atomic E-state index is 0.0397. The average molecular weight is 431 g/mol. The molecule has 1 fully saturated rings. The Morgan fingerprint density at radius 2 is 1.77 bits per heavy atom. The topological polar surface area (TPSA) is 75.7 Å². The zero-order valence-electron chi connectivity index (χ0n) is 17.6. The van der Waals surface area contributed by atoms with Crippen LogP contribution in [0.25, 0.3) is 0 Å². The van der Waals surface area contributed by atoms with Gasteiger partial charge in [0.15, 0.2) is 0 Å². The molecule has 0 unspecified atom stereocenters. The molecule has 0 saturated heterocycles. The van der Waals surface area contributed by atoms with E-state index >= 15 is 0 Å². The van der Waals surface area contributed by atoms with Crippen molar-refractivity contribution in [3.05, 3.63) is 59.7 Å². The summed E-state index contributed by atoms with van der Waals surface area (Å²) in [5, 5.41) is 2.89. The van der Waals surface area contributed by atoms with E-state index in [4.69, 9.17) is 4.74 Å². The second-order valence-electron chi connectivity index (χ2n) is 7.88. The van der Waals surface area contributed by atoms with Crippen molar-refractivity contribution in [2.45, 2.75) is 56.1 Å². The van der Waals surface area contributed by atoms with Crippen molar-refractivity contribution in [2.24, 2.45) is 0 Å². The summed E-state index contributed by atoms with van der Waals surface area (Å²) in [4.78, 5) is 12.5. The molecule has 6 nitrogen and oxygen atoms in total. The summed E-state index contributed by atoms with van der Waals surface area (Å²) in [6.45, 7) is 0.367. The van der Waals surface area contributed by atoms with Crippen molar-refractivity contribution in [2.75, 3.05) is 14.1 Å². The van der Waals surface area contributed by atoms with Gasteiger partial charge >= 0.3 is 0 Å². The third kappa shape index (κ3) is 6.06. The number of aryl methyl sites for hydroxylation is 1. The molecule has 30 heavy (non-hydrogen) atoms. The molecule has 1 aliphatic rings. The van der Waals surface area contributed by atoms with Crippen LogP contribution in [-0.2, 0) is 27.8 Å².